The van der Waals surface area contributed by atoms with Crippen molar-refractivity contribution >= 4 is 22.9 Å². The maximum Gasteiger partial charge on any atom is 0.387 e. The molecule has 42 heavy (non-hydrogen) atoms. The smallest absolute Gasteiger partial charge is 0.387 e. The fraction of sp³-hybridized carbons (Fsp3) is 0.360. The first kappa shape index (κ1) is 27.9. The number of tetrazole rings is 1. The third kappa shape index (κ3) is 6.30. The van der Waals surface area contributed by atoms with Gasteiger partial charge in [0.2, 0.25) is 0 Å². The van der Waals surface area contributed by atoms with Crippen molar-refractivity contribution in [2.45, 2.75) is 25.9 Å². The molecule has 3 N–H and O–H groups in total. The molecule has 0 aliphatic carbocycles. The number of hydrogen-bond acceptors (Lipinski definition) is 11. The van der Waals surface area contributed by atoms with E-state index in [1.165, 1.54) is 38.4 Å². The van der Waals surface area contributed by atoms with Crippen LogP contribution in [0.1, 0.15) is 17.6 Å². The summed E-state index contributed by atoms with van der Waals surface area (Å²) in [4.78, 5) is 8.14. The number of benzene rings is 1. The van der Waals surface area contributed by atoms with Crippen LogP contribution in [-0.2, 0) is 13.1 Å². The average molecular weight is 601 g/mol. The molecule has 0 spiro atoms. The second-order valence-corrected chi connectivity index (χ2v) is 9.97. The molecule has 1 atom stereocenters. The highest BCUT2D eigenvalue weighted by atomic mass is 35.5. The van der Waals surface area contributed by atoms with E-state index in [0.717, 1.165) is 32.7 Å². The highest BCUT2D eigenvalue weighted by Crippen LogP contribution is 2.38. The Morgan fingerprint density at radius 2 is 2.02 bits per heavy atom. The number of piperazine rings is 1. The van der Waals surface area contributed by atoms with Gasteiger partial charge < -0.3 is 20.5 Å². The van der Waals surface area contributed by atoms with Crippen LogP contribution in [0.15, 0.2) is 49.1 Å². The summed E-state index contributed by atoms with van der Waals surface area (Å²) >= 11 is 6.23. The van der Waals surface area contributed by atoms with Gasteiger partial charge in [-0.1, -0.05) is 11.6 Å². The topological polar surface area (TPSA) is 148 Å². The predicted molar refractivity (Wildman–Crippen MR) is 147 cm³/mol. The largest absolute Gasteiger partial charge is 0.434 e. The van der Waals surface area contributed by atoms with E-state index in [0.29, 0.717) is 29.3 Å². The van der Waals surface area contributed by atoms with Crippen LogP contribution < -0.4 is 15.4 Å². The maximum atomic E-state index is 13.3. The number of aliphatic hydroxyl groups is 1. The Morgan fingerprint density at radius 1 is 1.17 bits per heavy atom. The number of nitrogens with one attached hydrogen (secondary N) is 2. The molecule has 5 aromatic rings. The monoisotopic (exact) mass is 600 g/mol. The molecule has 17 heteroatoms. The fourth-order valence-corrected chi connectivity index (χ4v) is 4.87. The second kappa shape index (κ2) is 12.3. The molecule has 14 nitrogen and oxygen atoms in total. The first-order valence-electron chi connectivity index (χ1n) is 13.2. The molecule has 5 heterocycles. The number of hydrogen-bond donors (Lipinski definition) is 3. The lowest BCUT2D eigenvalue weighted by atomic mass is 10.1. The zero-order valence-corrected chi connectivity index (χ0v) is 22.9. The predicted octanol–water partition coefficient (Wildman–Crippen LogP) is 1.89. The van der Waals surface area contributed by atoms with Crippen LogP contribution in [0.25, 0.3) is 16.9 Å². The Hall–Kier alpha value is -4.25. The normalized spacial score (nSPS) is 15.0. The maximum absolute atomic E-state index is 13.3. The van der Waals surface area contributed by atoms with Crippen molar-refractivity contribution in [2.75, 3.05) is 38.0 Å². The molecule has 220 valence electrons. The number of rotatable bonds is 11. The first-order valence-corrected chi connectivity index (χ1v) is 13.6. The lowest BCUT2D eigenvalue weighted by molar-refractivity contribution is -0.0494. The molecular weight excluding hydrogens is 574 g/mol. The third-order valence-electron chi connectivity index (χ3n) is 6.69. The summed E-state index contributed by atoms with van der Waals surface area (Å²) < 4.78 is 34.3. The Balaban J connectivity index is 1.28. The van der Waals surface area contributed by atoms with E-state index >= 15 is 0 Å². The fourth-order valence-electron chi connectivity index (χ4n) is 4.70. The molecule has 1 saturated heterocycles. The van der Waals surface area contributed by atoms with Crippen LogP contribution in [0, 0.1) is 0 Å². The van der Waals surface area contributed by atoms with Gasteiger partial charge in [0, 0.05) is 61.9 Å². The molecular formula is C25H27ClF2N12O2. The molecule has 1 fully saturated rings. The molecule has 1 aliphatic rings. The van der Waals surface area contributed by atoms with E-state index in [2.05, 4.69) is 46.1 Å². The van der Waals surface area contributed by atoms with Gasteiger partial charge in [0.1, 0.15) is 18.0 Å². The van der Waals surface area contributed by atoms with Crippen LogP contribution >= 0.6 is 11.6 Å². The van der Waals surface area contributed by atoms with Gasteiger partial charge in [-0.05, 0) is 29.5 Å². The van der Waals surface area contributed by atoms with E-state index in [9.17, 15) is 13.9 Å². The van der Waals surface area contributed by atoms with Gasteiger partial charge in [0.25, 0.3) is 0 Å². The van der Waals surface area contributed by atoms with Crippen molar-refractivity contribution in [2.24, 2.45) is 0 Å². The number of aliphatic hydroxyl groups excluding tert-OH is 1. The lowest BCUT2D eigenvalue weighted by Gasteiger charge is -2.26. The average Bonchev–Trinajstić information content (AvgIpc) is 3.72. The van der Waals surface area contributed by atoms with Gasteiger partial charge in [-0.15, -0.1) is 10.2 Å². The van der Waals surface area contributed by atoms with Crippen LogP contribution in [0.5, 0.6) is 5.75 Å². The highest BCUT2D eigenvalue weighted by molar-refractivity contribution is 6.31. The summed E-state index contributed by atoms with van der Waals surface area (Å²) in [6, 6.07) is 5.95. The molecule has 0 amide bonds. The molecule has 0 bridgehead atoms. The summed E-state index contributed by atoms with van der Waals surface area (Å²) in [5.74, 6) is 0.269. The van der Waals surface area contributed by atoms with Gasteiger partial charge in [-0.3, -0.25) is 9.58 Å². The Kier molecular flexibility index (Phi) is 8.18. The van der Waals surface area contributed by atoms with Crippen LogP contribution in [0.4, 0.5) is 14.5 Å². The van der Waals surface area contributed by atoms with Crippen LogP contribution in [0.2, 0.25) is 5.02 Å². The highest BCUT2D eigenvalue weighted by Gasteiger charge is 2.23. The minimum Gasteiger partial charge on any atom is -0.434 e. The molecule has 1 aromatic carbocycles. The standard InChI is InChI=1S/C25H27ClF2N12O2/c26-16-2-3-20(42-25(27)28)17(12-16)22-19(32-24(41)18-13-31-39-7-1-4-30-23(18)39)14-38(35-22)15-21-33-36-40(34-21)11-10-37-8-5-29-6-9-37/h1-4,7,12-14,24-25,29,32,41H,5-6,8-11,15H2. The molecule has 1 unspecified atom stereocenters. The molecule has 0 radical (unpaired) electrons. The zero-order valence-electron chi connectivity index (χ0n) is 22.2. The SMILES string of the molecule is OC(Nc1cn(Cc2nnn(CCN3CCNCC3)n2)nc1-c1cc(Cl)ccc1OC(F)F)c1cnn2cccnc12. The third-order valence-corrected chi connectivity index (χ3v) is 6.93. The Bertz CT molecular complexity index is 1650. The summed E-state index contributed by atoms with van der Waals surface area (Å²) in [5, 5.41) is 39.3. The summed E-state index contributed by atoms with van der Waals surface area (Å²) in [7, 11) is 0. The van der Waals surface area contributed by atoms with Gasteiger partial charge >= 0.3 is 6.61 Å². The molecule has 0 saturated carbocycles. The first-order chi connectivity index (χ1) is 20.4. The quantitative estimate of drug-likeness (QED) is 0.191. The van der Waals surface area contributed by atoms with Crippen molar-refractivity contribution < 1.29 is 18.6 Å². The number of fused-ring (bicyclic) bond motifs is 1. The minimum absolute atomic E-state index is 0.127. The van der Waals surface area contributed by atoms with Gasteiger partial charge in [0.15, 0.2) is 17.7 Å². The summed E-state index contributed by atoms with van der Waals surface area (Å²) in [5.41, 5.74) is 1.56. The van der Waals surface area contributed by atoms with Crippen molar-refractivity contribution in [3.63, 3.8) is 0 Å². The Labute approximate surface area is 242 Å². The number of alkyl halides is 2. The van der Waals surface area contributed by atoms with E-state index < -0.39 is 12.8 Å². The van der Waals surface area contributed by atoms with Crippen LogP contribution in [-0.4, -0.2) is 93.9 Å². The minimum atomic E-state index is -3.07. The van der Waals surface area contributed by atoms with Crippen molar-refractivity contribution in [3.05, 3.63) is 65.5 Å². The number of halogens is 3. The lowest BCUT2D eigenvalue weighted by Crippen LogP contribution is -2.44. The number of aromatic nitrogens is 9. The molecule has 4 aromatic heterocycles. The zero-order chi connectivity index (χ0) is 29.1. The van der Waals surface area contributed by atoms with Crippen molar-refractivity contribution in [1.82, 2.24) is 54.8 Å². The van der Waals surface area contributed by atoms with E-state index in [1.807, 2.05) is 0 Å². The molecule has 1 aliphatic heterocycles. The van der Waals surface area contributed by atoms with Gasteiger partial charge in [-0.25, -0.2) is 9.50 Å². The second-order valence-electron chi connectivity index (χ2n) is 9.54. The number of nitrogens with zero attached hydrogens (tertiary/aromatic N) is 10. The van der Waals surface area contributed by atoms with Crippen molar-refractivity contribution in [3.8, 4) is 17.0 Å². The summed E-state index contributed by atoms with van der Waals surface area (Å²) in [6.07, 6.45) is 5.10. The Morgan fingerprint density at radius 3 is 2.86 bits per heavy atom. The number of ether oxygens (including phenoxy) is 1. The van der Waals surface area contributed by atoms with E-state index in [4.69, 9.17) is 16.3 Å². The van der Waals surface area contributed by atoms with E-state index in [1.54, 1.807) is 24.7 Å². The molecule has 6 rings (SSSR count). The van der Waals surface area contributed by atoms with E-state index in [-0.39, 0.29) is 28.6 Å². The van der Waals surface area contributed by atoms with Gasteiger partial charge in [-0.2, -0.15) is 23.8 Å². The van der Waals surface area contributed by atoms with Gasteiger partial charge in [0.05, 0.1) is 24.0 Å². The summed E-state index contributed by atoms with van der Waals surface area (Å²) in [6.45, 7) is 2.27. The van der Waals surface area contributed by atoms with Crippen LogP contribution in [0.3, 0.4) is 0 Å². The number of anilines is 1. The van der Waals surface area contributed by atoms with Crippen molar-refractivity contribution in [1.29, 1.82) is 0 Å².